The van der Waals surface area contributed by atoms with Gasteiger partial charge in [0.2, 0.25) is 0 Å². The monoisotopic (exact) mass is 115 g/mol. The van der Waals surface area contributed by atoms with Crippen LogP contribution >= 0.6 is 0 Å². The fourth-order valence-corrected chi connectivity index (χ4v) is 1.11. The van der Waals surface area contributed by atoms with Gasteiger partial charge in [0.05, 0.1) is 12.7 Å². The van der Waals surface area contributed by atoms with Crippen LogP contribution in [0, 0.1) is 0 Å². The van der Waals surface area contributed by atoms with Crippen LogP contribution in [0.2, 0.25) is 0 Å². The van der Waals surface area contributed by atoms with Gasteiger partial charge in [-0.25, -0.2) is 0 Å². The molecule has 1 heterocycles. The van der Waals surface area contributed by atoms with E-state index in [0.29, 0.717) is 12.7 Å². The third kappa shape index (κ3) is 1.20. The summed E-state index contributed by atoms with van der Waals surface area (Å²) in [6.07, 6.45) is 1.36. The van der Waals surface area contributed by atoms with Gasteiger partial charge in [-0.3, -0.25) is 0 Å². The van der Waals surface area contributed by atoms with Crippen molar-refractivity contribution in [3.63, 3.8) is 0 Å². The van der Waals surface area contributed by atoms with Gasteiger partial charge in [-0.15, -0.1) is 0 Å². The van der Waals surface area contributed by atoms with Gasteiger partial charge in [0.25, 0.3) is 0 Å². The Bertz CT molecular complexity index is 90.5. The van der Waals surface area contributed by atoms with Gasteiger partial charge in [-0.05, 0) is 20.3 Å². The molecule has 0 aromatic heterocycles. The van der Waals surface area contributed by atoms with Crippen molar-refractivity contribution in [1.29, 1.82) is 0 Å². The predicted octanol–water partition coefficient (Wildman–Crippen LogP) is 0.513. The first-order chi connectivity index (χ1) is 3.60. The molecule has 2 N–H and O–H groups in total. The number of hydrogen-bond donors (Lipinski definition) is 1. The molecule has 1 fully saturated rings. The van der Waals surface area contributed by atoms with Crippen molar-refractivity contribution in [3.8, 4) is 0 Å². The number of ether oxygens (including phenoxy) is 1. The molecule has 0 aromatic carbocycles. The molecule has 1 aliphatic rings. The Hall–Kier alpha value is -0.0800. The molecule has 1 rings (SSSR count). The molecule has 0 aromatic rings. The smallest absolute Gasteiger partial charge is 0.0648 e. The summed E-state index contributed by atoms with van der Waals surface area (Å²) in [6, 6.07) is 0. The van der Waals surface area contributed by atoms with Crippen molar-refractivity contribution >= 4 is 0 Å². The van der Waals surface area contributed by atoms with Crippen molar-refractivity contribution in [2.75, 3.05) is 6.61 Å². The van der Waals surface area contributed by atoms with E-state index in [9.17, 15) is 0 Å². The van der Waals surface area contributed by atoms with Crippen molar-refractivity contribution in [2.24, 2.45) is 5.73 Å². The molecule has 1 saturated heterocycles. The van der Waals surface area contributed by atoms with Gasteiger partial charge in [-0.1, -0.05) is 0 Å². The molecule has 1 aliphatic heterocycles. The predicted molar refractivity (Wildman–Crippen MR) is 32.6 cm³/mol. The van der Waals surface area contributed by atoms with Gasteiger partial charge in [0.1, 0.15) is 0 Å². The van der Waals surface area contributed by atoms with Crippen LogP contribution in [0.25, 0.3) is 0 Å². The molecule has 8 heavy (non-hydrogen) atoms. The lowest BCUT2D eigenvalue weighted by Crippen LogP contribution is -2.36. The van der Waals surface area contributed by atoms with E-state index in [-0.39, 0.29) is 5.54 Å². The Labute approximate surface area is 50.0 Å². The number of nitrogens with two attached hydrogens (primary N) is 1. The van der Waals surface area contributed by atoms with Gasteiger partial charge in [0.15, 0.2) is 0 Å². The second kappa shape index (κ2) is 1.71. The lowest BCUT2D eigenvalue weighted by Gasteiger charge is -2.12. The van der Waals surface area contributed by atoms with Gasteiger partial charge in [-0.2, -0.15) is 0 Å². The summed E-state index contributed by atoms with van der Waals surface area (Å²) >= 11 is 0. The highest BCUT2D eigenvalue weighted by molar-refractivity contribution is 4.86. The summed E-state index contributed by atoms with van der Waals surface area (Å²) in [7, 11) is 0. The van der Waals surface area contributed by atoms with E-state index in [1.54, 1.807) is 0 Å². The Balaban J connectivity index is 2.44. The average Bonchev–Trinajstić information content (AvgIpc) is 1.82. The van der Waals surface area contributed by atoms with Crippen LogP contribution < -0.4 is 5.73 Å². The quantitative estimate of drug-likeness (QED) is 0.499. The second-order valence-corrected chi connectivity index (χ2v) is 2.98. The fourth-order valence-electron chi connectivity index (χ4n) is 1.11. The molecule has 0 saturated carbocycles. The molecule has 2 nitrogen and oxygen atoms in total. The van der Waals surface area contributed by atoms with E-state index in [2.05, 4.69) is 6.92 Å². The molecule has 2 heteroatoms. The van der Waals surface area contributed by atoms with Gasteiger partial charge >= 0.3 is 0 Å². The fraction of sp³-hybridized carbons (Fsp3) is 1.00. The standard InChI is InChI=1S/C6H13NO/c1-5-3-6(2,7)4-8-5/h5H,3-4,7H2,1-2H3/t5-,6-/m0/s1. The summed E-state index contributed by atoms with van der Waals surface area (Å²) in [5.41, 5.74) is 5.69. The average molecular weight is 115 g/mol. The molecular weight excluding hydrogens is 102 g/mol. The van der Waals surface area contributed by atoms with Crippen molar-refractivity contribution < 1.29 is 4.74 Å². The summed E-state index contributed by atoms with van der Waals surface area (Å²) in [4.78, 5) is 0. The number of hydrogen-bond acceptors (Lipinski definition) is 2. The Morgan fingerprint density at radius 3 is 2.50 bits per heavy atom. The van der Waals surface area contributed by atoms with Crippen LogP contribution in [0.4, 0.5) is 0 Å². The van der Waals surface area contributed by atoms with E-state index < -0.39 is 0 Å². The van der Waals surface area contributed by atoms with E-state index in [4.69, 9.17) is 10.5 Å². The van der Waals surface area contributed by atoms with Gasteiger partial charge < -0.3 is 10.5 Å². The Morgan fingerprint density at radius 1 is 1.75 bits per heavy atom. The van der Waals surface area contributed by atoms with Crippen molar-refractivity contribution in [2.45, 2.75) is 31.9 Å². The maximum atomic E-state index is 5.74. The Morgan fingerprint density at radius 2 is 2.38 bits per heavy atom. The SMILES string of the molecule is C[C@H]1C[C@](C)(N)CO1. The third-order valence-corrected chi connectivity index (χ3v) is 1.45. The molecule has 2 atom stereocenters. The Kier molecular flexibility index (Phi) is 1.29. The minimum Gasteiger partial charge on any atom is -0.377 e. The highest BCUT2D eigenvalue weighted by atomic mass is 16.5. The molecule has 0 unspecified atom stereocenters. The topological polar surface area (TPSA) is 35.2 Å². The van der Waals surface area contributed by atoms with Crippen LogP contribution in [0.15, 0.2) is 0 Å². The zero-order valence-electron chi connectivity index (χ0n) is 5.48. The lowest BCUT2D eigenvalue weighted by atomic mass is 10.0. The third-order valence-electron chi connectivity index (χ3n) is 1.45. The highest BCUT2D eigenvalue weighted by Gasteiger charge is 2.29. The van der Waals surface area contributed by atoms with Crippen LogP contribution in [0.1, 0.15) is 20.3 Å². The van der Waals surface area contributed by atoms with E-state index in [1.165, 1.54) is 0 Å². The first-order valence-corrected chi connectivity index (χ1v) is 3.01. The van der Waals surface area contributed by atoms with Crippen LogP contribution in [-0.4, -0.2) is 18.2 Å². The minimum atomic E-state index is -0.0561. The molecule has 0 aliphatic carbocycles. The van der Waals surface area contributed by atoms with Crippen LogP contribution in [-0.2, 0) is 4.74 Å². The zero-order valence-corrected chi connectivity index (χ0v) is 5.48. The molecule has 48 valence electrons. The molecule has 0 radical (unpaired) electrons. The molecular formula is C6H13NO. The van der Waals surface area contributed by atoms with Gasteiger partial charge in [0, 0.05) is 5.54 Å². The summed E-state index contributed by atoms with van der Waals surface area (Å²) < 4.78 is 5.24. The summed E-state index contributed by atoms with van der Waals surface area (Å²) in [6.45, 7) is 4.79. The van der Waals surface area contributed by atoms with Crippen LogP contribution in [0.5, 0.6) is 0 Å². The zero-order chi connectivity index (χ0) is 6.20. The summed E-state index contributed by atoms with van der Waals surface area (Å²) in [5.74, 6) is 0. The lowest BCUT2D eigenvalue weighted by molar-refractivity contribution is 0.118. The minimum absolute atomic E-state index is 0.0561. The van der Waals surface area contributed by atoms with Crippen molar-refractivity contribution in [3.05, 3.63) is 0 Å². The molecule has 0 amide bonds. The molecule has 0 spiro atoms. The normalized spacial score (nSPS) is 47.6. The largest absolute Gasteiger partial charge is 0.377 e. The van der Waals surface area contributed by atoms with Crippen molar-refractivity contribution in [1.82, 2.24) is 0 Å². The molecule has 0 bridgehead atoms. The van der Waals surface area contributed by atoms with E-state index >= 15 is 0 Å². The van der Waals surface area contributed by atoms with Crippen LogP contribution in [0.3, 0.4) is 0 Å². The maximum absolute atomic E-state index is 5.74. The highest BCUT2D eigenvalue weighted by Crippen LogP contribution is 2.19. The second-order valence-electron chi connectivity index (χ2n) is 2.98. The van der Waals surface area contributed by atoms with E-state index in [0.717, 1.165) is 6.42 Å². The number of rotatable bonds is 0. The maximum Gasteiger partial charge on any atom is 0.0648 e. The first-order valence-electron chi connectivity index (χ1n) is 3.01. The summed E-state index contributed by atoms with van der Waals surface area (Å²) in [5, 5.41) is 0. The first kappa shape index (κ1) is 6.05. The van der Waals surface area contributed by atoms with E-state index in [1.807, 2.05) is 6.92 Å².